The normalized spacial score (nSPS) is 25.5. The van der Waals surface area contributed by atoms with E-state index >= 15 is 0 Å². The van der Waals surface area contributed by atoms with E-state index in [9.17, 15) is 10.1 Å². The van der Waals surface area contributed by atoms with Gasteiger partial charge in [0.05, 0.1) is 4.92 Å². The summed E-state index contributed by atoms with van der Waals surface area (Å²) in [5, 5.41) is 10.9. The lowest BCUT2D eigenvalue weighted by Gasteiger charge is -2.46. The highest BCUT2D eigenvalue weighted by molar-refractivity contribution is 6.17. The van der Waals surface area contributed by atoms with Gasteiger partial charge in [-0.1, -0.05) is 12.8 Å². The number of alkyl halides is 1. The predicted molar refractivity (Wildman–Crippen MR) is 85.0 cm³/mol. The van der Waals surface area contributed by atoms with Crippen LogP contribution in [0, 0.1) is 16.0 Å². The Balaban J connectivity index is 1.92. The zero-order chi connectivity index (χ0) is 14.8. The van der Waals surface area contributed by atoms with Gasteiger partial charge in [-0.05, 0) is 43.2 Å². The number of nitro groups is 1. The van der Waals surface area contributed by atoms with Gasteiger partial charge in [-0.2, -0.15) is 0 Å². The molecule has 1 aliphatic heterocycles. The van der Waals surface area contributed by atoms with Gasteiger partial charge in [-0.3, -0.25) is 10.1 Å². The minimum atomic E-state index is -0.348. The first-order valence-corrected chi connectivity index (χ1v) is 8.34. The molecule has 0 spiro atoms. The molecule has 0 N–H and O–H groups in total. The molecule has 0 amide bonds. The molecule has 4 nitrogen and oxygen atoms in total. The van der Waals surface area contributed by atoms with Crippen LogP contribution < -0.4 is 4.90 Å². The topological polar surface area (TPSA) is 46.4 Å². The van der Waals surface area contributed by atoms with Crippen molar-refractivity contribution in [1.82, 2.24) is 0 Å². The summed E-state index contributed by atoms with van der Waals surface area (Å²) in [6.45, 7) is 1.04. The average Bonchev–Trinajstić information content (AvgIpc) is 2.53. The molecular weight excluding hydrogens is 288 g/mol. The summed E-state index contributed by atoms with van der Waals surface area (Å²) in [7, 11) is 0. The zero-order valence-electron chi connectivity index (χ0n) is 12.1. The van der Waals surface area contributed by atoms with Gasteiger partial charge < -0.3 is 4.90 Å². The number of benzene rings is 1. The van der Waals surface area contributed by atoms with E-state index in [1.54, 1.807) is 12.1 Å². The number of anilines is 1. The van der Waals surface area contributed by atoms with Crippen molar-refractivity contribution in [2.45, 2.75) is 50.4 Å². The third kappa shape index (κ3) is 2.86. The highest BCUT2D eigenvalue weighted by atomic mass is 35.5. The molecule has 3 rings (SSSR count). The van der Waals surface area contributed by atoms with E-state index in [2.05, 4.69) is 4.90 Å². The Morgan fingerprint density at radius 1 is 1.24 bits per heavy atom. The monoisotopic (exact) mass is 308 g/mol. The zero-order valence-corrected chi connectivity index (χ0v) is 12.9. The molecule has 1 aliphatic carbocycles. The molecule has 1 heterocycles. The maximum Gasteiger partial charge on any atom is 0.269 e. The summed E-state index contributed by atoms with van der Waals surface area (Å²) in [4.78, 5) is 13.1. The fourth-order valence-corrected chi connectivity index (χ4v) is 4.21. The SMILES string of the molecule is O=[N+]([O-])c1ccc(N2CCCC3CCCCC32)c(CCl)c1. The minimum absolute atomic E-state index is 0.131. The maximum absolute atomic E-state index is 10.9. The van der Waals surface area contributed by atoms with Crippen LogP contribution in [0.2, 0.25) is 0 Å². The Labute approximate surface area is 130 Å². The summed E-state index contributed by atoms with van der Waals surface area (Å²) in [6, 6.07) is 5.73. The number of hydrogen-bond acceptors (Lipinski definition) is 3. The molecule has 114 valence electrons. The van der Waals surface area contributed by atoms with E-state index < -0.39 is 0 Å². The van der Waals surface area contributed by atoms with Crippen molar-refractivity contribution in [1.29, 1.82) is 0 Å². The van der Waals surface area contributed by atoms with Crippen LogP contribution in [-0.2, 0) is 5.88 Å². The van der Waals surface area contributed by atoms with Gasteiger partial charge in [-0.15, -0.1) is 11.6 Å². The van der Waals surface area contributed by atoms with Gasteiger partial charge in [0, 0.05) is 36.3 Å². The van der Waals surface area contributed by atoms with Crippen molar-refractivity contribution in [3.63, 3.8) is 0 Å². The van der Waals surface area contributed by atoms with Crippen LogP contribution in [0.1, 0.15) is 44.1 Å². The first-order chi connectivity index (χ1) is 10.2. The number of fused-ring (bicyclic) bond motifs is 1. The molecule has 21 heavy (non-hydrogen) atoms. The summed E-state index contributed by atoms with van der Waals surface area (Å²) in [6.07, 6.45) is 7.73. The van der Waals surface area contributed by atoms with Crippen LogP contribution in [-0.4, -0.2) is 17.5 Å². The Hall–Kier alpha value is -1.29. The Morgan fingerprint density at radius 2 is 2.00 bits per heavy atom. The second kappa shape index (κ2) is 6.22. The van der Waals surface area contributed by atoms with Crippen molar-refractivity contribution in [3.05, 3.63) is 33.9 Å². The van der Waals surface area contributed by atoms with Gasteiger partial charge in [-0.25, -0.2) is 0 Å². The van der Waals surface area contributed by atoms with E-state index in [4.69, 9.17) is 11.6 Å². The number of hydrogen-bond donors (Lipinski definition) is 0. The van der Waals surface area contributed by atoms with Gasteiger partial charge in [0.15, 0.2) is 0 Å². The third-order valence-electron chi connectivity index (χ3n) is 4.97. The molecule has 0 radical (unpaired) electrons. The molecule has 1 saturated carbocycles. The van der Waals surface area contributed by atoms with Crippen molar-refractivity contribution in [3.8, 4) is 0 Å². The predicted octanol–water partition coefficient (Wildman–Crippen LogP) is 4.49. The molecule has 2 atom stereocenters. The van der Waals surface area contributed by atoms with Gasteiger partial charge in [0.2, 0.25) is 0 Å². The number of rotatable bonds is 3. The molecule has 1 aromatic carbocycles. The largest absolute Gasteiger partial charge is 0.368 e. The number of nitro benzene ring substituents is 1. The highest BCUT2D eigenvalue weighted by Gasteiger charge is 2.34. The van der Waals surface area contributed by atoms with E-state index in [1.165, 1.54) is 38.5 Å². The van der Waals surface area contributed by atoms with E-state index in [-0.39, 0.29) is 10.6 Å². The number of non-ortho nitro benzene ring substituents is 1. The van der Waals surface area contributed by atoms with E-state index in [0.29, 0.717) is 11.9 Å². The smallest absolute Gasteiger partial charge is 0.269 e. The summed E-state index contributed by atoms with van der Waals surface area (Å²) in [5.41, 5.74) is 2.12. The second-order valence-corrected chi connectivity index (χ2v) is 6.42. The average molecular weight is 309 g/mol. The maximum atomic E-state index is 10.9. The fourth-order valence-electron chi connectivity index (χ4n) is 4.00. The van der Waals surface area contributed by atoms with E-state index in [1.807, 2.05) is 6.07 Å². The first-order valence-electron chi connectivity index (χ1n) is 7.80. The Kier molecular flexibility index (Phi) is 4.34. The molecule has 0 aromatic heterocycles. The lowest BCUT2D eigenvalue weighted by Crippen LogP contribution is -2.47. The highest BCUT2D eigenvalue weighted by Crippen LogP contribution is 2.39. The van der Waals surface area contributed by atoms with Gasteiger partial charge in [0.25, 0.3) is 5.69 Å². The number of piperidine rings is 1. The summed E-state index contributed by atoms with van der Waals surface area (Å²) >= 11 is 6.05. The molecule has 1 aromatic rings. The third-order valence-corrected chi connectivity index (χ3v) is 5.26. The van der Waals surface area contributed by atoms with Crippen LogP contribution in [0.15, 0.2) is 18.2 Å². The van der Waals surface area contributed by atoms with Crippen molar-refractivity contribution >= 4 is 23.0 Å². The summed E-state index contributed by atoms with van der Waals surface area (Å²) < 4.78 is 0. The van der Waals surface area contributed by atoms with Crippen LogP contribution in [0.4, 0.5) is 11.4 Å². The lowest BCUT2D eigenvalue weighted by molar-refractivity contribution is -0.384. The Bertz CT molecular complexity index is 533. The summed E-state index contributed by atoms with van der Waals surface area (Å²) in [5.74, 6) is 1.11. The van der Waals surface area contributed by atoms with Gasteiger partial charge >= 0.3 is 0 Å². The molecule has 5 heteroatoms. The molecule has 2 aliphatic rings. The number of halogens is 1. The minimum Gasteiger partial charge on any atom is -0.368 e. The molecular formula is C16H21ClN2O2. The van der Waals surface area contributed by atoms with Crippen molar-refractivity contribution < 1.29 is 4.92 Å². The Morgan fingerprint density at radius 3 is 2.76 bits per heavy atom. The molecule has 1 saturated heterocycles. The molecule has 2 unspecified atom stereocenters. The van der Waals surface area contributed by atoms with Crippen LogP contribution in [0.25, 0.3) is 0 Å². The quantitative estimate of drug-likeness (QED) is 0.469. The molecule has 2 fully saturated rings. The molecule has 0 bridgehead atoms. The lowest BCUT2D eigenvalue weighted by atomic mass is 9.78. The van der Waals surface area contributed by atoms with E-state index in [0.717, 1.165) is 23.7 Å². The van der Waals surface area contributed by atoms with Crippen molar-refractivity contribution in [2.24, 2.45) is 5.92 Å². The standard InChI is InChI=1S/C16H21ClN2O2/c17-11-13-10-14(19(20)21)7-8-16(13)18-9-3-5-12-4-1-2-6-15(12)18/h7-8,10,12,15H,1-6,9,11H2. The van der Waals surface area contributed by atoms with Crippen LogP contribution >= 0.6 is 11.6 Å². The van der Waals surface area contributed by atoms with Crippen LogP contribution in [0.3, 0.4) is 0 Å². The fraction of sp³-hybridized carbons (Fsp3) is 0.625. The van der Waals surface area contributed by atoms with Crippen molar-refractivity contribution in [2.75, 3.05) is 11.4 Å². The van der Waals surface area contributed by atoms with Crippen LogP contribution in [0.5, 0.6) is 0 Å². The number of nitrogens with zero attached hydrogens (tertiary/aromatic N) is 2. The van der Waals surface area contributed by atoms with Gasteiger partial charge in [0.1, 0.15) is 0 Å². The first kappa shape index (κ1) is 14.6. The second-order valence-electron chi connectivity index (χ2n) is 6.15.